The lowest BCUT2D eigenvalue weighted by Gasteiger charge is -2.34. The van der Waals surface area contributed by atoms with E-state index in [9.17, 15) is 4.79 Å². The summed E-state index contributed by atoms with van der Waals surface area (Å²) in [4.78, 5) is 13.3. The number of ether oxygens (including phenoxy) is 1. The number of likely N-dealkylation sites (N-methyl/N-ethyl adjacent to an activating group) is 1. The quantitative estimate of drug-likeness (QED) is 0.778. The first-order valence-electron chi connectivity index (χ1n) is 7.49. The largest absolute Gasteiger partial charge is 0.481 e. The lowest BCUT2D eigenvalue weighted by Crippen LogP contribution is -2.48. The van der Waals surface area contributed by atoms with Crippen LogP contribution in [0.4, 0.5) is 0 Å². The van der Waals surface area contributed by atoms with Gasteiger partial charge in [-0.25, -0.2) is 0 Å². The van der Waals surface area contributed by atoms with Gasteiger partial charge in [0.25, 0.3) is 0 Å². The molecule has 2 N–H and O–H groups in total. The minimum atomic E-state index is -0.632. The second-order valence-corrected chi connectivity index (χ2v) is 5.68. The minimum Gasteiger partial charge on any atom is -0.481 e. The van der Waals surface area contributed by atoms with E-state index in [4.69, 9.17) is 9.84 Å². The van der Waals surface area contributed by atoms with Crippen LogP contribution in [0.5, 0.6) is 0 Å². The number of rotatable bonds is 5. The summed E-state index contributed by atoms with van der Waals surface area (Å²) in [7, 11) is 0. The average molecular weight is 270 g/mol. The first-order chi connectivity index (χ1) is 9.19. The molecule has 0 amide bonds. The standard InChI is InChI=1S/C14H26N2O3/c1-2-16-7-8-19-13(10-16)9-15-12-5-3-11(4-6-12)14(17)18/h11-13,15H,2-10H2,1H3,(H,17,18). The van der Waals surface area contributed by atoms with Crippen LogP contribution in [0, 0.1) is 5.92 Å². The molecule has 1 aliphatic carbocycles. The molecular weight excluding hydrogens is 244 g/mol. The Labute approximate surface area is 115 Å². The molecule has 0 aromatic carbocycles. The van der Waals surface area contributed by atoms with Gasteiger partial charge in [0.05, 0.1) is 18.6 Å². The van der Waals surface area contributed by atoms with Crippen molar-refractivity contribution in [1.29, 1.82) is 0 Å². The Bertz CT molecular complexity index is 290. The van der Waals surface area contributed by atoms with Crippen molar-refractivity contribution in [3.8, 4) is 0 Å². The third kappa shape index (κ3) is 4.44. The van der Waals surface area contributed by atoms with E-state index in [0.717, 1.165) is 58.5 Å². The first kappa shape index (κ1) is 14.8. The van der Waals surface area contributed by atoms with E-state index in [2.05, 4.69) is 17.1 Å². The molecule has 1 aliphatic heterocycles. The number of carbonyl (C=O) groups is 1. The number of aliphatic carboxylic acids is 1. The van der Waals surface area contributed by atoms with Crippen molar-refractivity contribution in [2.24, 2.45) is 5.92 Å². The third-order valence-electron chi connectivity index (χ3n) is 4.38. The van der Waals surface area contributed by atoms with Crippen LogP contribution in [0.25, 0.3) is 0 Å². The molecule has 0 bridgehead atoms. The highest BCUT2D eigenvalue weighted by atomic mass is 16.5. The molecule has 2 rings (SSSR count). The predicted molar refractivity (Wildman–Crippen MR) is 73.2 cm³/mol. The van der Waals surface area contributed by atoms with Crippen LogP contribution < -0.4 is 5.32 Å². The summed E-state index contributed by atoms with van der Waals surface area (Å²) in [6, 6.07) is 0.469. The second kappa shape index (κ2) is 7.22. The maximum atomic E-state index is 10.9. The van der Waals surface area contributed by atoms with E-state index < -0.39 is 5.97 Å². The highest BCUT2D eigenvalue weighted by Gasteiger charge is 2.26. The predicted octanol–water partition coefficient (Wildman–Crippen LogP) is 0.940. The summed E-state index contributed by atoms with van der Waals surface area (Å²) < 4.78 is 5.76. The molecule has 0 radical (unpaired) electrons. The fourth-order valence-corrected chi connectivity index (χ4v) is 3.03. The molecule has 110 valence electrons. The minimum absolute atomic E-state index is 0.125. The highest BCUT2D eigenvalue weighted by Crippen LogP contribution is 2.24. The SMILES string of the molecule is CCN1CCOC(CNC2CCC(C(=O)O)CC2)C1. The Balaban J connectivity index is 1.65. The van der Waals surface area contributed by atoms with E-state index in [1.54, 1.807) is 0 Å². The van der Waals surface area contributed by atoms with E-state index in [0.29, 0.717) is 6.04 Å². The second-order valence-electron chi connectivity index (χ2n) is 5.68. The van der Waals surface area contributed by atoms with E-state index in [1.807, 2.05) is 0 Å². The maximum Gasteiger partial charge on any atom is 0.306 e. The zero-order valence-electron chi connectivity index (χ0n) is 11.8. The molecule has 1 heterocycles. The summed E-state index contributed by atoms with van der Waals surface area (Å²) in [6.07, 6.45) is 3.84. The lowest BCUT2D eigenvalue weighted by molar-refractivity contribution is -0.142. The van der Waals surface area contributed by atoms with Crippen molar-refractivity contribution in [1.82, 2.24) is 10.2 Å². The third-order valence-corrected chi connectivity index (χ3v) is 4.38. The van der Waals surface area contributed by atoms with Gasteiger partial charge >= 0.3 is 5.97 Å². The molecule has 1 saturated carbocycles. The van der Waals surface area contributed by atoms with Crippen LogP contribution in [0.1, 0.15) is 32.6 Å². The molecule has 2 aliphatic rings. The van der Waals surface area contributed by atoms with Crippen LogP contribution in [-0.4, -0.2) is 60.9 Å². The lowest BCUT2D eigenvalue weighted by atomic mass is 9.86. The number of carboxylic acid groups (broad SMARTS) is 1. The molecule has 1 atom stereocenters. The van der Waals surface area contributed by atoms with Gasteiger partial charge < -0.3 is 15.2 Å². The van der Waals surface area contributed by atoms with Gasteiger partial charge in [0, 0.05) is 25.7 Å². The zero-order valence-corrected chi connectivity index (χ0v) is 11.8. The van der Waals surface area contributed by atoms with E-state index in [-0.39, 0.29) is 12.0 Å². The summed E-state index contributed by atoms with van der Waals surface area (Å²) in [5, 5.41) is 12.5. The van der Waals surface area contributed by atoms with Crippen molar-refractivity contribution < 1.29 is 14.6 Å². The van der Waals surface area contributed by atoms with Crippen molar-refractivity contribution >= 4 is 5.97 Å². The molecule has 5 heteroatoms. The van der Waals surface area contributed by atoms with Gasteiger partial charge in [-0.3, -0.25) is 9.69 Å². The number of hydrogen-bond donors (Lipinski definition) is 2. The number of morpholine rings is 1. The van der Waals surface area contributed by atoms with Crippen LogP contribution in [-0.2, 0) is 9.53 Å². The number of carboxylic acids is 1. The van der Waals surface area contributed by atoms with Gasteiger partial charge in [0.2, 0.25) is 0 Å². The first-order valence-corrected chi connectivity index (χ1v) is 7.49. The van der Waals surface area contributed by atoms with Crippen LogP contribution >= 0.6 is 0 Å². The van der Waals surface area contributed by atoms with Crippen molar-refractivity contribution in [2.75, 3.05) is 32.8 Å². The fourth-order valence-electron chi connectivity index (χ4n) is 3.03. The topological polar surface area (TPSA) is 61.8 Å². The number of nitrogens with one attached hydrogen (secondary N) is 1. The van der Waals surface area contributed by atoms with Crippen LogP contribution in [0.2, 0.25) is 0 Å². The summed E-state index contributed by atoms with van der Waals surface area (Å²) in [6.45, 7) is 7.03. The maximum absolute atomic E-state index is 10.9. The summed E-state index contributed by atoms with van der Waals surface area (Å²) in [5.74, 6) is -0.757. The van der Waals surface area contributed by atoms with E-state index in [1.165, 1.54) is 0 Å². The van der Waals surface area contributed by atoms with Crippen LogP contribution in [0.3, 0.4) is 0 Å². The highest BCUT2D eigenvalue weighted by molar-refractivity contribution is 5.70. The van der Waals surface area contributed by atoms with Crippen molar-refractivity contribution in [3.05, 3.63) is 0 Å². The molecule has 0 aromatic heterocycles. The van der Waals surface area contributed by atoms with Gasteiger partial charge in [0.15, 0.2) is 0 Å². The Morgan fingerprint density at radius 3 is 2.74 bits per heavy atom. The van der Waals surface area contributed by atoms with Gasteiger partial charge in [-0.15, -0.1) is 0 Å². The molecular formula is C14H26N2O3. The Hall–Kier alpha value is -0.650. The van der Waals surface area contributed by atoms with Gasteiger partial charge in [-0.05, 0) is 32.2 Å². The van der Waals surface area contributed by atoms with E-state index >= 15 is 0 Å². The molecule has 19 heavy (non-hydrogen) atoms. The summed E-state index contributed by atoms with van der Waals surface area (Å²) in [5.41, 5.74) is 0. The monoisotopic (exact) mass is 270 g/mol. The average Bonchev–Trinajstić information content (AvgIpc) is 2.46. The van der Waals surface area contributed by atoms with Gasteiger partial charge in [0.1, 0.15) is 0 Å². The number of hydrogen-bond acceptors (Lipinski definition) is 4. The number of nitrogens with zero attached hydrogens (tertiary/aromatic N) is 1. The Kier molecular flexibility index (Phi) is 5.60. The molecule has 0 aromatic rings. The molecule has 0 spiro atoms. The van der Waals surface area contributed by atoms with Gasteiger partial charge in [-0.2, -0.15) is 0 Å². The molecule has 1 saturated heterocycles. The van der Waals surface area contributed by atoms with Crippen molar-refractivity contribution in [2.45, 2.75) is 44.8 Å². The molecule has 2 fully saturated rings. The zero-order chi connectivity index (χ0) is 13.7. The Morgan fingerprint density at radius 1 is 1.37 bits per heavy atom. The fraction of sp³-hybridized carbons (Fsp3) is 0.929. The van der Waals surface area contributed by atoms with Gasteiger partial charge in [-0.1, -0.05) is 6.92 Å². The Morgan fingerprint density at radius 2 is 2.11 bits per heavy atom. The van der Waals surface area contributed by atoms with Crippen molar-refractivity contribution in [3.63, 3.8) is 0 Å². The summed E-state index contributed by atoms with van der Waals surface area (Å²) >= 11 is 0. The van der Waals surface area contributed by atoms with Crippen LogP contribution in [0.15, 0.2) is 0 Å². The molecule has 5 nitrogen and oxygen atoms in total. The normalized spacial score (nSPS) is 33.2. The molecule has 1 unspecified atom stereocenters. The smallest absolute Gasteiger partial charge is 0.306 e.